The summed E-state index contributed by atoms with van der Waals surface area (Å²) < 4.78 is 6.56. The molecular weight excluding hydrogens is 396 g/mol. The molecule has 3 heterocycles. The number of anilines is 2. The van der Waals surface area contributed by atoms with Gasteiger partial charge in [-0.05, 0) is 50.1 Å². The van der Waals surface area contributed by atoms with Gasteiger partial charge >= 0.3 is 5.97 Å². The van der Waals surface area contributed by atoms with E-state index in [2.05, 4.69) is 25.3 Å². The Morgan fingerprint density at radius 1 is 1.13 bits per heavy atom. The first kappa shape index (κ1) is 20.5. The summed E-state index contributed by atoms with van der Waals surface area (Å²) in [5, 5.41) is 7.26. The van der Waals surface area contributed by atoms with Crippen molar-refractivity contribution < 1.29 is 14.3 Å². The minimum atomic E-state index is -0.460. The van der Waals surface area contributed by atoms with Crippen LogP contribution in [0.15, 0.2) is 55.0 Å². The molecule has 0 saturated carbocycles. The number of nitrogens with zero attached hydrogens (tertiary/aromatic N) is 5. The molecule has 0 unspecified atom stereocenters. The molecule has 1 aliphatic rings. The van der Waals surface area contributed by atoms with Crippen molar-refractivity contribution >= 4 is 23.5 Å². The summed E-state index contributed by atoms with van der Waals surface area (Å²) in [5.74, 6) is 0.176. The lowest BCUT2D eigenvalue weighted by molar-refractivity contribution is -0.120. The number of nitrogens with one attached hydrogen (secondary N) is 1. The SMILES string of the molecule is CCOC(=O)c1ccn(-c2cccc(NC(=O)C3CCN(c4ncccn4)CC3)c2)n1. The molecule has 2 aromatic heterocycles. The maximum absolute atomic E-state index is 12.8. The molecule has 1 aliphatic heterocycles. The van der Waals surface area contributed by atoms with Gasteiger partial charge in [0, 0.05) is 43.3 Å². The van der Waals surface area contributed by atoms with Gasteiger partial charge in [0.1, 0.15) is 0 Å². The first-order valence-electron chi connectivity index (χ1n) is 10.3. The molecule has 31 heavy (non-hydrogen) atoms. The van der Waals surface area contributed by atoms with Gasteiger partial charge in [0.05, 0.1) is 12.3 Å². The van der Waals surface area contributed by atoms with Gasteiger partial charge in [-0.3, -0.25) is 4.79 Å². The topological polar surface area (TPSA) is 102 Å². The van der Waals surface area contributed by atoms with E-state index >= 15 is 0 Å². The molecule has 3 aromatic rings. The van der Waals surface area contributed by atoms with Crippen LogP contribution in [0.1, 0.15) is 30.3 Å². The van der Waals surface area contributed by atoms with Crippen molar-refractivity contribution in [3.63, 3.8) is 0 Å². The standard InChI is InChI=1S/C22H24N6O3/c1-2-31-21(30)19-9-14-28(26-19)18-6-3-5-17(15-18)25-20(29)16-7-12-27(13-8-16)22-23-10-4-11-24-22/h3-6,9-11,14-16H,2,7-8,12-13H2,1H3,(H,25,29). The zero-order chi connectivity index (χ0) is 21.6. The molecule has 0 spiro atoms. The number of amides is 1. The van der Waals surface area contributed by atoms with Crippen molar-refractivity contribution in [2.75, 3.05) is 29.9 Å². The number of piperidine rings is 1. The van der Waals surface area contributed by atoms with Crippen LogP contribution in [0, 0.1) is 5.92 Å². The van der Waals surface area contributed by atoms with Gasteiger partial charge in [0.15, 0.2) is 5.69 Å². The van der Waals surface area contributed by atoms with E-state index in [4.69, 9.17) is 4.74 Å². The smallest absolute Gasteiger partial charge is 0.358 e. The first-order valence-corrected chi connectivity index (χ1v) is 10.3. The molecule has 0 radical (unpaired) electrons. The fraction of sp³-hybridized carbons (Fsp3) is 0.318. The summed E-state index contributed by atoms with van der Waals surface area (Å²) in [4.78, 5) is 35.3. The van der Waals surface area contributed by atoms with Crippen LogP contribution in [0.5, 0.6) is 0 Å². The number of ether oxygens (including phenoxy) is 1. The van der Waals surface area contributed by atoms with E-state index in [1.54, 1.807) is 42.3 Å². The maximum Gasteiger partial charge on any atom is 0.358 e. The third-order valence-corrected chi connectivity index (χ3v) is 5.15. The summed E-state index contributed by atoms with van der Waals surface area (Å²) in [5.41, 5.74) is 1.67. The highest BCUT2D eigenvalue weighted by Gasteiger charge is 2.26. The predicted molar refractivity (Wildman–Crippen MR) is 115 cm³/mol. The predicted octanol–water partition coefficient (Wildman–Crippen LogP) is 2.69. The third-order valence-electron chi connectivity index (χ3n) is 5.15. The van der Waals surface area contributed by atoms with E-state index < -0.39 is 5.97 Å². The fourth-order valence-corrected chi connectivity index (χ4v) is 3.55. The number of rotatable bonds is 6. The number of aromatic nitrogens is 4. The van der Waals surface area contributed by atoms with E-state index in [-0.39, 0.29) is 17.5 Å². The summed E-state index contributed by atoms with van der Waals surface area (Å²) in [6, 6.07) is 10.8. The monoisotopic (exact) mass is 420 g/mol. The molecule has 4 rings (SSSR count). The molecule has 9 nitrogen and oxygen atoms in total. The summed E-state index contributed by atoms with van der Waals surface area (Å²) >= 11 is 0. The number of carbonyl (C=O) groups excluding carboxylic acids is 2. The van der Waals surface area contributed by atoms with Crippen LogP contribution in [0.4, 0.5) is 11.6 Å². The molecule has 0 bridgehead atoms. The van der Waals surface area contributed by atoms with E-state index in [0.717, 1.165) is 31.6 Å². The third kappa shape index (κ3) is 4.88. The van der Waals surface area contributed by atoms with Crippen LogP contribution in [-0.2, 0) is 9.53 Å². The van der Waals surface area contributed by atoms with Crippen molar-refractivity contribution in [2.45, 2.75) is 19.8 Å². The molecule has 1 aromatic carbocycles. The van der Waals surface area contributed by atoms with Gasteiger partial charge in [-0.2, -0.15) is 5.10 Å². The van der Waals surface area contributed by atoms with Gasteiger partial charge in [-0.1, -0.05) is 6.07 Å². The van der Waals surface area contributed by atoms with Crippen molar-refractivity contribution in [1.82, 2.24) is 19.7 Å². The van der Waals surface area contributed by atoms with Gasteiger partial charge in [-0.15, -0.1) is 0 Å². The summed E-state index contributed by atoms with van der Waals surface area (Å²) in [6.45, 7) is 3.53. The van der Waals surface area contributed by atoms with Gasteiger partial charge < -0.3 is 15.0 Å². The van der Waals surface area contributed by atoms with E-state index in [1.165, 1.54) is 0 Å². The molecule has 0 aliphatic carbocycles. The van der Waals surface area contributed by atoms with Crippen LogP contribution in [0.2, 0.25) is 0 Å². The Morgan fingerprint density at radius 2 is 1.90 bits per heavy atom. The quantitative estimate of drug-likeness (QED) is 0.612. The minimum absolute atomic E-state index is 0.00143. The Balaban J connectivity index is 1.37. The second-order valence-corrected chi connectivity index (χ2v) is 7.22. The highest BCUT2D eigenvalue weighted by Crippen LogP contribution is 2.22. The average Bonchev–Trinajstić information content (AvgIpc) is 3.31. The van der Waals surface area contributed by atoms with Crippen molar-refractivity contribution in [3.8, 4) is 5.69 Å². The molecule has 0 atom stereocenters. The number of hydrogen-bond donors (Lipinski definition) is 1. The summed E-state index contributed by atoms with van der Waals surface area (Å²) in [6.07, 6.45) is 6.62. The Labute approximate surface area is 180 Å². The van der Waals surface area contributed by atoms with E-state index in [9.17, 15) is 9.59 Å². The molecule has 1 amide bonds. The Bertz CT molecular complexity index is 1040. The second-order valence-electron chi connectivity index (χ2n) is 7.22. The van der Waals surface area contributed by atoms with Gasteiger partial charge in [0.2, 0.25) is 11.9 Å². The fourth-order valence-electron chi connectivity index (χ4n) is 3.55. The van der Waals surface area contributed by atoms with Crippen LogP contribution in [0.25, 0.3) is 5.69 Å². The molecule has 9 heteroatoms. The van der Waals surface area contributed by atoms with Crippen LogP contribution < -0.4 is 10.2 Å². The molecular formula is C22H24N6O3. The van der Waals surface area contributed by atoms with Crippen LogP contribution in [-0.4, -0.2) is 51.3 Å². The highest BCUT2D eigenvalue weighted by atomic mass is 16.5. The second kappa shape index (κ2) is 9.38. The molecule has 1 N–H and O–H groups in total. The minimum Gasteiger partial charge on any atom is -0.461 e. The molecule has 160 valence electrons. The van der Waals surface area contributed by atoms with Crippen molar-refractivity contribution in [2.24, 2.45) is 5.92 Å². The van der Waals surface area contributed by atoms with Crippen LogP contribution in [0.3, 0.4) is 0 Å². The largest absolute Gasteiger partial charge is 0.461 e. The zero-order valence-electron chi connectivity index (χ0n) is 17.3. The molecule has 1 saturated heterocycles. The number of esters is 1. The van der Waals surface area contributed by atoms with Gasteiger partial charge in [-0.25, -0.2) is 19.4 Å². The number of hydrogen-bond acceptors (Lipinski definition) is 7. The zero-order valence-corrected chi connectivity index (χ0v) is 17.3. The van der Waals surface area contributed by atoms with Gasteiger partial charge in [0.25, 0.3) is 0 Å². The normalized spacial score (nSPS) is 14.3. The lowest BCUT2D eigenvalue weighted by atomic mass is 9.96. The lowest BCUT2D eigenvalue weighted by Gasteiger charge is -2.31. The highest BCUT2D eigenvalue weighted by molar-refractivity contribution is 5.93. The van der Waals surface area contributed by atoms with E-state index in [0.29, 0.717) is 18.2 Å². The van der Waals surface area contributed by atoms with E-state index in [1.807, 2.05) is 24.3 Å². The maximum atomic E-state index is 12.8. The number of carbonyl (C=O) groups is 2. The lowest BCUT2D eigenvalue weighted by Crippen LogP contribution is -2.39. The first-order chi connectivity index (χ1) is 15.1. The Morgan fingerprint density at radius 3 is 2.65 bits per heavy atom. The number of benzene rings is 1. The summed E-state index contributed by atoms with van der Waals surface area (Å²) in [7, 11) is 0. The average molecular weight is 420 g/mol. The van der Waals surface area contributed by atoms with Crippen LogP contribution >= 0.6 is 0 Å². The Hall–Kier alpha value is -3.75. The molecule has 1 fully saturated rings. The Kier molecular flexibility index (Phi) is 6.21. The van der Waals surface area contributed by atoms with Crippen molar-refractivity contribution in [1.29, 1.82) is 0 Å². The van der Waals surface area contributed by atoms with Crippen molar-refractivity contribution in [3.05, 3.63) is 60.7 Å².